The highest BCUT2D eigenvalue weighted by molar-refractivity contribution is 5.78. The fraction of sp³-hybridized carbons (Fsp3) is 0.259. The number of halogens is 1. The van der Waals surface area contributed by atoms with Crippen LogP contribution in [0.25, 0.3) is 11.1 Å². The van der Waals surface area contributed by atoms with E-state index in [0.717, 1.165) is 11.1 Å². The van der Waals surface area contributed by atoms with Gasteiger partial charge in [0, 0.05) is 18.7 Å². The molecule has 0 heterocycles. The number of carbonyl (C=O) groups is 2. The molecule has 1 amide bonds. The maximum Gasteiger partial charge on any atom is 0.410 e. The first-order valence-corrected chi connectivity index (χ1v) is 11.1. The van der Waals surface area contributed by atoms with Crippen molar-refractivity contribution in [2.24, 2.45) is 0 Å². The highest BCUT2D eigenvalue weighted by atomic mass is 19.1. The van der Waals surface area contributed by atoms with E-state index in [1.807, 2.05) is 19.1 Å². The van der Waals surface area contributed by atoms with E-state index in [4.69, 9.17) is 14.2 Å². The van der Waals surface area contributed by atoms with Crippen LogP contribution in [0.1, 0.15) is 23.6 Å². The molecule has 0 saturated carbocycles. The maximum absolute atomic E-state index is 13.1. The normalized spacial score (nSPS) is 10.5. The van der Waals surface area contributed by atoms with Gasteiger partial charge in [0.2, 0.25) is 0 Å². The zero-order valence-electron chi connectivity index (χ0n) is 19.9. The molecule has 1 N–H and O–H groups in total. The standard InChI is InChI=1S/C27H28FNO6/c1-4-29(27(32)35-17-18-5-9-21(28)10-6-18)16-20-8-11-22(33-2)15-23(20)24-13-19(14-26(30)31)7-12-25(24)34-3/h5-13,15H,4,14,16-17H2,1-3H3,(H,30,31). The van der Waals surface area contributed by atoms with Crippen LogP contribution in [0.2, 0.25) is 0 Å². The molecule has 0 unspecified atom stereocenters. The van der Waals surface area contributed by atoms with E-state index >= 15 is 0 Å². The Morgan fingerprint density at radius 3 is 2.26 bits per heavy atom. The summed E-state index contributed by atoms with van der Waals surface area (Å²) in [6.07, 6.45) is -0.641. The molecule has 0 aromatic heterocycles. The number of carbonyl (C=O) groups excluding carboxylic acids is 1. The lowest BCUT2D eigenvalue weighted by atomic mass is 9.95. The molecule has 3 aromatic carbocycles. The predicted octanol–water partition coefficient (Wildman–Crippen LogP) is 5.30. The van der Waals surface area contributed by atoms with Crippen molar-refractivity contribution >= 4 is 12.1 Å². The summed E-state index contributed by atoms with van der Waals surface area (Å²) in [5, 5.41) is 9.22. The summed E-state index contributed by atoms with van der Waals surface area (Å²) in [7, 11) is 3.10. The second-order valence-corrected chi connectivity index (χ2v) is 7.82. The van der Waals surface area contributed by atoms with Crippen LogP contribution in [0.4, 0.5) is 9.18 Å². The summed E-state index contributed by atoms with van der Waals surface area (Å²) in [6.45, 7) is 2.50. The summed E-state index contributed by atoms with van der Waals surface area (Å²) < 4.78 is 29.5. The van der Waals surface area contributed by atoms with Crippen molar-refractivity contribution in [3.8, 4) is 22.6 Å². The fourth-order valence-corrected chi connectivity index (χ4v) is 3.65. The minimum atomic E-state index is -0.937. The Hall–Kier alpha value is -4.07. The number of methoxy groups -OCH3 is 2. The second kappa shape index (κ2) is 11.9. The number of ether oxygens (including phenoxy) is 3. The van der Waals surface area contributed by atoms with Crippen LogP contribution >= 0.6 is 0 Å². The fourth-order valence-electron chi connectivity index (χ4n) is 3.65. The van der Waals surface area contributed by atoms with Crippen molar-refractivity contribution in [3.05, 3.63) is 83.2 Å². The summed E-state index contributed by atoms with van der Waals surface area (Å²) in [6, 6.07) is 16.5. The van der Waals surface area contributed by atoms with E-state index in [2.05, 4.69) is 0 Å². The first-order valence-electron chi connectivity index (χ1n) is 11.1. The Kier molecular flexibility index (Phi) is 8.67. The summed E-state index contributed by atoms with van der Waals surface area (Å²) in [5.74, 6) is -0.120. The average Bonchev–Trinajstić information content (AvgIpc) is 2.86. The zero-order chi connectivity index (χ0) is 25.4. The zero-order valence-corrected chi connectivity index (χ0v) is 19.9. The van der Waals surface area contributed by atoms with Crippen molar-refractivity contribution in [2.75, 3.05) is 20.8 Å². The lowest BCUT2D eigenvalue weighted by Crippen LogP contribution is -2.31. The van der Waals surface area contributed by atoms with Gasteiger partial charge in [-0.15, -0.1) is 0 Å². The Morgan fingerprint density at radius 2 is 1.63 bits per heavy atom. The van der Waals surface area contributed by atoms with Gasteiger partial charge in [0.25, 0.3) is 0 Å². The summed E-state index contributed by atoms with van der Waals surface area (Å²) in [5.41, 5.74) is 3.54. The number of nitrogens with zero attached hydrogens (tertiary/aromatic N) is 1. The number of carboxylic acid groups (broad SMARTS) is 1. The molecule has 35 heavy (non-hydrogen) atoms. The number of hydrogen-bond donors (Lipinski definition) is 1. The molecule has 0 bridgehead atoms. The monoisotopic (exact) mass is 481 g/mol. The molecule has 3 aromatic rings. The topological polar surface area (TPSA) is 85.3 Å². The third-order valence-corrected chi connectivity index (χ3v) is 5.50. The van der Waals surface area contributed by atoms with Gasteiger partial charge in [0.15, 0.2) is 0 Å². The number of rotatable bonds is 10. The van der Waals surface area contributed by atoms with Crippen molar-refractivity contribution in [1.29, 1.82) is 0 Å². The molecule has 0 saturated heterocycles. The molecule has 8 heteroatoms. The van der Waals surface area contributed by atoms with Crippen LogP contribution in [0.15, 0.2) is 60.7 Å². The van der Waals surface area contributed by atoms with Crippen LogP contribution in [-0.4, -0.2) is 42.8 Å². The van der Waals surface area contributed by atoms with Crippen molar-refractivity contribution in [1.82, 2.24) is 4.90 Å². The van der Waals surface area contributed by atoms with Crippen LogP contribution in [0.5, 0.6) is 11.5 Å². The van der Waals surface area contributed by atoms with Crippen molar-refractivity contribution < 1.29 is 33.3 Å². The van der Waals surface area contributed by atoms with Gasteiger partial charge in [-0.05, 0) is 65.6 Å². The van der Waals surface area contributed by atoms with E-state index in [1.165, 1.54) is 12.1 Å². The van der Waals surface area contributed by atoms with Crippen molar-refractivity contribution in [2.45, 2.75) is 26.5 Å². The molecule has 184 valence electrons. The Morgan fingerprint density at radius 1 is 0.914 bits per heavy atom. The molecule has 7 nitrogen and oxygen atoms in total. The Balaban J connectivity index is 1.90. The van der Waals surface area contributed by atoms with Crippen molar-refractivity contribution in [3.63, 3.8) is 0 Å². The van der Waals surface area contributed by atoms with Gasteiger partial charge in [0.05, 0.1) is 20.6 Å². The van der Waals surface area contributed by atoms with E-state index in [9.17, 15) is 19.1 Å². The molecule has 0 aliphatic carbocycles. The largest absolute Gasteiger partial charge is 0.497 e. The molecule has 0 fully saturated rings. The van der Waals surface area contributed by atoms with Gasteiger partial charge < -0.3 is 24.2 Å². The quantitative estimate of drug-likeness (QED) is 0.423. The number of amides is 1. The Labute approximate surface area is 203 Å². The molecular weight excluding hydrogens is 453 g/mol. The van der Waals surface area contributed by atoms with Gasteiger partial charge >= 0.3 is 12.1 Å². The third kappa shape index (κ3) is 6.72. The first-order chi connectivity index (χ1) is 16.8. The van der Waals surface area contributed by atoms with E-state index in [0.29, 0.717) is 34.7 Å². The van der Waals surface area contributed by atoms with Gasteiger partial charge in [-0.25, -0.2) is 9.18 Å². The minimum absolute atomic E-state index is 0.0239. The molecule has 0 aliphatic heterocycles. The minimum Gasteiger partial charge on any atom is -0.497 e. The maximum atomic E-state index is 13.1. The van der Waals surface area contributed by atoms with Crippen LogP contribution in [0, 0.1) is 5.82 Å². The molecule has 0 aliphatic rings. The van der Waals surface area contributed by atoms with Gasteiger partial charge in [-0.3, -0.25) is 4.79 Å². The molecule has 0 atom stereocenters. The Bertz CT molecular complexity index is 1180. The van der Waals surface area contributed by atoms with E-state index in [1.54, 1.807) is 55.5 Å². The van der Waals surface area contributed by atoms with Crippen LogP contribution in [0.3, 0.4) is 0 Å². The summed E-state index contributed by atoms with van der Waals surface area (Å²) >= 11 is 0. The molecular formula is C27H28FNO6. The first kappa shape index (κ1) is 25.6. The van der Waals surface area contributed by atoms with Gasteiger partial charge in [0.1, 0.15) is 23.9 Å². The van der Waals surface area contributed by atoms with E-state index < -0.39 is 12.1 Å². The lowest BCUT2D eigenvalue weighted by molar-refractivity contribution is -0.136. The number of hydrogen-bond acceptors (Lipinski definition) is 5. The number of benzene rings is 3. The molecule has 0 radical (unpaired) electrons. The van der Waals surface area contributed by atoms with Gasteiger partial charge in [-0.2, -0.15) is 0 Å². The lowest BCUT2D eigenvalue weighted by Gasteiger charge is -2.23. The van der Waals surface area contributed by atoms with Gasteiger partial charge in [-0.1, -0.05) is 24.3 Å². The highest BCUT2D eigenvalue weighted by Crippen LogP contribution is 2.36. The summed E-state index contributed by atoms with van der Waals surface area (Å²) in [4.78, 5) is 25.6. The average molecular weight is 482 g/mol. The van der Waals surface area contributed by atoms with Crippen LogP contribution < -0.4 is 9.47 Å². The highest BCUT2D eigenvalue weighted by Gasteiger charge is 2.19. The SMILES string of the molecule is CCN(Cc1ccc(OC)cc1-c1cc(CC(=O)O)ccc1OC)C(=O)OCc1ccc(F)cc1. The second-order valence-electron chi connectivity index (χ2n) is 7.82. The predicted molar refractivity (Wildman–Crippen MR) is 129 cm³/mol. The molecule has 0 spiro atoms. The number of carboxylic acids is 1. The smallest absolute Gasteiger partial charge is 0.410 e. The van der Waals surface area contributed by atoms with Crippen LogP contribution in [-0.2, 0) is 29.1 Å². The number of aliphatic carboxylic acids is 1. The van der Waals surface area contributed by atoms with E-state index in [-0.39, 0.29) is 25.4 Å². The third-order valence-electron chi connectivity index (χ3n) is 5.50. The molecule has 3 rings (SSSR count).